The van der Waals surface area contributed by atoms with Gasteiger partial charge >= 0.3 is 0 Å². The van der Waals surface area contributed by atoms with Crippen LogP contribution in [-0.2, 0) is 4.79 Å². The summed E-state index contributed by atoms with van der Waals surface area (Å²) >= 11 is 1.45. The molecule has 4 nitrogen and oxygen atoms in total. The topological polar surface area (TPSA) is 49.4 Å². The van der Waals surface area contributed by atoms with Crippen LogP contribution in [0.25, 0.3) is 11.1 Å². The van der Waals surface area contributed by atoms with Crippen LogP contribution in [0.2, 0.25) is 0 Å². The molecule has 1 aromatic heterocycles. The normalized spacial score (nSPS) is 16.4. The molecule has 5 heteroatoms. The van der Waals surface area contributed by atoms with Crippen LogP contribution in [0, 0.1) is 12.8 Å². The molecule has 2 aromatic carbocycles. The Morgan fingerprint density at radius 2 is 1.83 bits per heavy atom. The molecule has 0 aliphatic carbocycles. The molecular formula is C24H24N2O2S. The first kappa shape index (κ1) is 19.4. The maximum Gasteiger partial charge on any atom is 0.263 e. The Labute approximate surface area is 175 Å². The van der Waals surface area contributed by atoms with Gasteiger partial charge in [-0.2, -0.15) is 0 Å². The van der Waals surface area contributed by atoms with Gasteiger partial charge in [-0.05, 0) is 54.5 Å². The highest BCUT2D eigenvalue weighted by atomic mass is 32.1. The first-order valence-corrected chi connectivity index (χ1v) is 10.8. The summed E-state index contributed by atoms with van der Waals surface area (Å²) in [5, 5.41) is 4.96. The lowest BCUT2D eigenvalue weighted by Gasteiger charge is -2.31. The summed E-state index contributed by atoms with van der Waals surface area (Å²) in [4.78, 5) is 28.0. The lowest BCUT2D eigenvalue weighted by molar-refractivity contribution is -0.121. The minimum absolute atomic E-state index is 0.0185. The summed E-state index contributed by atoms with van der Waals surface area (Å²) in [6, 6.07) is 20.0. The minimum atomic E-state index is -0.185. The first-order chi connectivity index (χ1) is 14.1. The Morgan fingerprint density at radius 1 is 1.03 bits per heavy atom. The highest BCUT2D eigenvalue weighted by Crippen LogP contribution is 2.25. The number of aryl methyl sites for hydroxylation is 1. The molecule has 148 valence electrons. The molecule has 0 spiro atoms. The number of carbonyl (C=O) groups excluding carboxylic acids is 2. The Kier molecular flexibility index (Phi) is 5.76. The van der Waals surface area contributed by atoms with E-state index >= 15 is 0 Å². The number of carbonyl (C=O) groups is 2. The number of amides is 2. The van der Waals surface area contributed by atoms with E-state index in [4.69, 9.17) is 0 Å². The molecule has 4 rings (SSSR count). The number of hydrogen-bond acceptors (Lipinski definition) is 3. The van der Waals surface area contributed by atoms with Gasteiger partial charge < -0.3 is 10.2 Å². The quantitative estimate of drug-likeness (QED) is 0.649. The van der Waals surface area contributed by atoms with Gasteiger partial charge in [0.05, 0.1) is 10.8 Å². The number of anilines is 1. The predicted octanol–water partition coefficient (Wildman–Crippen LogP) is 5.21. The second-order valence-electron chi connectivity index (χ2n) is 7.51. The van der Waals surface area contributed by atoms with E-state index in [1.54, 1.807) is 0 Å². The van der Waals surface area contributed by atoms with Gasteiger partial charge in [0, 0.05) is 18.8 Å². The second-order valence-corrected chi connectivity index (χ2v) is 8.45. The third-order valence-electron chi connectivity index (χ3n) is 5.29. The zero-order chi connectivity index (χ0) is 20.2. The van der Waals surface area contributed by atoms with Crippen LogP contribution < -0.4 is 5.32 Å². The third-order valence-corrected chi connectivity index (χ3v) is 6.15. The predicted molar refractivity (Wildman–Crippen MR) is 118 cm³/mol. The highest BCUT2D eigenvalue weighted by molar-refractivity contribution is 7.12. The maximum absolute atomic E-state index is 12.9. The standard InChI is InChI=1S/C24H24N2O2S/c1-17-6-2-7-18(14-17)19-8-3-10-21(15-19)25-23(27)20-9-4-12-26(16-20)24(28)22-11-5-13-29-22/h2-3,5-8,10-11,13-15,20H,4,9,12,16H2,1H3,(H,25,27)/t20-/m0/s1. The third kappa shape index (κ3) is 4.57. The number of likely N-dealkylation sites (tertiary alicyclic amines) is 1. The van der Waals surface area contributed by atoms with Crippen molar-refractivity contribution in [1.82, 2.24) is 4.90 Å². The van der Waals surface area contributed by atoms with Gasteiger partial charge in [0.15, 0.2) is 0 Å². The number of thiophene rings is 1. The number of rotatable bonds is 4. The van der Waals surface area contributed by atoms with Gasteiger partial charge in [-0.1, -0.05) is 48.0 Å². The molecule has 0 radical (unpaired) electrons. The van der Waals surface area contributed by atoms with Crippen molar-refractivity contribution in [2.45, 2.75) is 19.8 Å². The Hall–Kier alpha value is -2.92. The molecule has 1 aliphatic rings. The Balaban J connectivity index is 1.44. The summed E-state index contributed by atoms with van der Waals surface area (Å²) in [5.74, 6) is -0.177. The number of nitrogens with zero attached hydrogens (tertiary/aromatic N) is 1. The molecule has 1 saturated heterocycles. The van der Waals surface area contributed by atoms with E-state index in [0.29, 0.717) is 13.1 Å². The van der Waals surface area contributed by atoms with E-state index in [-0.39, 0.29) is 17.7 Å². The number of hydrogen-bond donors (Lipinski definition) is 1. The van der Waals surface area contributed by atoms with Crippen molar-refractivity contribution in [2.24, 2.45) is 5.92 Å². The monoisotopic (exact) mass is 404 g/mol. The van der Waals surface area contributed by atoms with Crippen LogP contribution in [0.15, 0.2) is 66.0 Å². The maximum atomic E-state index is 12.9. The number of piperidine rings is 1. The van der Waals surface area contributed by atoms with Crippen LogP contribution in [0.1, 0.15) is 28.1 Å². The summed E-state index contributed by atoms with van der Waals surface area (Å²) in [6.45, 7) is 3.25. The summed E-state index contributed by atoms with van der Waals surface area (Å²) < 4.78 is 0. The zero-order valence-corrected chi connectivity index (χ0v) is 17.2. The van der Waals surface area contributed by atoms with Crippen molar-refractivity contribution in [3.05, 3.63) is 76.5 Å². The molecule has 1 atom stereocenters. The molecule has 0 saturated carbocycles. The molecule has 1 fully saturated rings. The molecular weight excluding hydrogens is 380 g/mol. The number of nitrogens with one attached hydrogen (secondary N) is 1. The fourth-order valence-electron chi connectivity index (χ4n) is 3.78. The van der Waals surface area contributed by atoms with Crippen molar-refractivity contribution in [3.63, 3.8) is 0 Å². The summed E-state index contributed by atoms with van der Waals surface area (Å²) in [5.41, 5.74) is 4.20. The van der Waals surface area contributed by atoms with Crippen LogP contribution in [-0.4, -0.2) is 29.8 Å². The van der Waals surface area contributed by atoms with Crippen LogP contribution in [0.5, 0.6) is 0 Å². The van der Waals surface area contributed by atoms with Gasteiger partial charge in [-0.15, -0.1) is 11.3 Å². The van der Waals surface area contributed by atoms with Gasteiger partial charge in [0.1, 0.15) is 0 Å². The molecule has 3 aromatic rings. The van der Waals surface area contributed by atoms with Crippen LogP contribution in [0.3, 0.4) is 0 Å². The fraction of sp³-hybridized carbons (Fsp3) is 0.250. The van der Waals surface area contributed by atoms with E-state index in [1.807, 2.05) is 52.7 Å². The van der Waals surface area contributed by atoms with Crippen molar-refractivity contribution in [3.8, 4) is 11.1 Å². The SMILES string of the molecule is Cc1cccc(-c2cccc(NC(=O)[C@H]3CCCN(C(=O)c4cccs4)C3)c2)c1. The minimum Gasteiger partial charge on any atom is -0.337 e. The van der Waals surface area contributed by atoms with Gasteiger partial charge in [-0.25, -0.2) is 0 Å². The zero-order valence-electron chi connectivity index (χ0n) is 16.4. The summed E-state index contributed by atoms with van der Waals surface area (Å²) in [6.07, 6.45) is 1.65. The van der Waals surface area contributed by atoms with Crippen molar-refractivity contribution >= 4 is 28.8 Å². The molecule has 0 unspecified atom stereocenters. The molecule has 2 heterocycles. The van der Waals surface area contributed by atoms with Crippen molar-refractivity contribution in [2.75, 3.05) is 18.4 Å². The van der Waals surface area contributed by atoms with Crippen LogP contribution in [0.4, 0.5) is 5.69 Å². The average molecular weight is 405 g/mol. The van der Waals surface area contributed by atoms with Crippen molar-refractivity contribution in [1.29, 1.82) is 0 Å². The molecule has 29 heavy (non-hydrogen) atoms. The van der Waals surface area contributed by atoms with E-state index in [0.717, 1.165) is 34.5 Å². The molecule has 0 bridgehead atoms. The number of benzene rings is 2. The average Bonchev–Trinajstić information content (AvgIpc) is 3.28. The smallest absolute Gasteiger partial charge is 0.263 e. The largest absolute Gasteiger partial charge is 0.337 e. The Morgan fingerprint density at radius 3 is 2.59 bits per heavy atom. The van der Waals surface area contributed by atoms with Crippen LogP contribution >= 0.6 is 11.3 Å². The fourth-order valence-corrected chi connectivity index (χ4v) is 4.47. The van der Waals surface area contributed by atoms with E-state index in [9.17, 15) is 9.59 Å². The van der Waals surface area contributed by atoms with E-state index in [2.05, 4.69) is 30.4 Å². The highest BCUT2D eigenvalue weighted by Gasteiger charge is 2.29. The summed E-state index contributed by atoms with van der Waals surface area (Å²) in [7, 11) is 0. The van der Waals surface area contributed by atoms with Gasteiger partial charge in [0.25, 0.3) is 5.91 Å². The Bertz CT molecular complexity index is 1010. The van der Waals surface area contributed by atoms with E-state index < -0.39 is 0 Å². The van der Waals surface area contributed by atoms with Gasteiger partial charge in [-0.3, -0.25) is 9.59 Å². The molecule has 1 N–H and O–H groups in total. The molecule has 1 aliphatic heterocycles. The first-order valence-electron chi connectivity index (χ1n) is 9.91. The van der Waals surface area contributed by atoms with Crippen molar-refractivity contribution < 1.29 is 9.59 Å². The molecule has 2 amide bonds. The van der Waals surface area contributed by atoms with Gasteiger partial charge in [0.2, 0.25) is 5.91 Å². The lowest BCUT2D eigenvalue weighted by atomic mass is 9.96. The second kappa shape index (κ2) is 8.62. The lowest BCUT2D eigenvalue weighted by Crippen LogP contribution is -2.43. The van der Waals surface area contributed by atoms with E-state index in [1.165, 1.54) is 16.9 Å².